The number of rotatable bonds is 5. The monoisotopic (exact) mass is 570 g/mol. The molecular weight excluding hydrogens is 547 g/mol. The minimum atomic E-state index is -0.515. The second kappa shape index (κ2) is 9.58. The van der Waals surface area contributed by atoms with Gasteiger partial charge in [0, 0.05) is 35.2 Å². The molecule has 11 nitrogen and oxygen atoms in total. The van der Waals surface area contributed by atoms with Crippen molar-refractivity contribution in [2.45, 2.75) is 18.9 Å². The van der Waals surface area contributed by atoms with Gasteiger partial charge >= 0.3 is 0 Å². The smallest absolute Gasteiger partial charge is 0.251 e. The number of halogens is 1. The summed E-state index contributed by atoms with van der Waals surface area (Å²) in [5.74, 6) is 0.775. The molecule has 8 rings (SSSR count). The second-order valence-corrected chi connectivity index (χ2v) is 10.4. The van der Waals surface area contributed by atoms with Gasteiger partial charge in [-0.25, -0.2) is 24.0 Å². The van der Waals surface area contributed by atoms with Crippen LogP contribution in [0.5, 0.6) is 0 Å². The van der Waals surface area contributed by atoms with E-state index in [1.165, 1.54) is 12.3 Å². The highest BCUT2D eigenvalue weighted by Gasteiger charge is 2.27. The number of imidazole rings is 1. The van der Waals surface area contributed by atoms with Gasteiger partial charge in [0.25, 0.3) is 5.91 Å². The van der Waals surface area contributed by atoms with Crippen LogP contribution in [0, 0.1) is 5.82 Å². The summed E-state index contributed by atoms with van der Waals surface area (Å²) in [6.45, 7) is 0. The van der Waals surface area contributed by atoms with Crippen molar-refractivity contribution in [3.05, 3.63) is 108 Å². The number of aromatic amines is 1. The van der Waals surface area contributed by atoms with Crippen molar-refractivity contribution in [1.82, 2.24) is 44.8 Å². The van der Waals surface area contributed by atoms with Crippen molar-refractivity contribution in [3.63, 3.8) is 0 Å². The van der Waals surface area contributed by atoms with E-state index in [0.29, 0.717) is 39.6 Å². The minimum absolute atomic E-state index is 0.211. The lowest BCUT2D eigenvalue weighted by atomic mass is 10.1. The Bertz CT molecular complexity index is 2180. The zero-order chi connectivity index (χ0) is 29.1. The van der Waals surface area contributed by atoms with E-state index in [1.54, 1.807) is 23.1 Å². The first-order valence-corrected chi connectivity index (χ1v) is 13.7. The van der Waals surface area contributed by atoms with Crippen LogP contribution >= 0.6 is 0 Å². The lowest BCUT2D eigenvalue weighted by Gasteiger charge is -2.16. The van der Waals surface area contributed by atoms with Crippen molar-refractivity contribution < 1.29 is 9.18 Å². The summed E-state index contributed by atoms with van der Waals surface area (Å²) in [5, 5.41) is 14.4. The van der Waals surface area contributed by atoms with E-state index < -0.39 is 5.82 Å². The maximum Gasteiger partial charge on any atom is 0.251 e. The predicted molar refractivity (Wildman–Crippen MR) is 158 cm³/mol. The first-order chi connectivity index (χ1) is 21.0. The zero-order valence-electron chi connectivity index (χ0n) is 22.6. The average molecular weight is 571 g/mol. The number of aryl methyl sites for hydroxylation is 1. The van der Waals surface area contributed by atoms with Crippen LogP contribution in [0.4, 0.5) is 10.2 Å². The van der Waals surface area contributed by atoms with Crippen molar-refractivity contribution in [3.8, 4) is 22.9 Å². The molecular formula is C31H23FN10O. The fraction of sp³-hybridized carbons (Fsp3) is 0.0968. The quantitative estimate of drug-likeness (QED) is 0.272. The standard InChI is InChI=1S/C31H23FN10O/c32-23-15-18(13-19-16-35-40-27(19)23)31(43)38-24-7-4-17-14-20(5-6-21(17)24)42-29(22-3-1-10-34-28(22)33)37-25-8-9-26(39-30(25)42)41-12-2-11-36-41/h1-3,5-6,8-16,24H,4,7H2,(H2,33,34)(H,35,40)(H,38,43)/t24-/m0/s1. The number of benzene rings is 2. The van der Waals surface area contributed by atoms with E-state index in [-0.39, 0.29) is 23.0 Å². The van der Waals surface area contributed by atoms with Crippen molar-refractivity contribution in [2.24, 2.45) is 0 Å². The van der Waals surface area contributed by atoms with Gasteiger partial charge in [0.1, 0.15) is 22.7 Å². The van der Waals surface area contributed by atoms with Gasteiger partial charge in [-0.1, -0.05) is 6.07 Å². The zero-order valence-corrected chi connectivity index (χ0v) is 22.6. The van der Waals surface area contributed by atoms with Gasteiger partial charge in [0.15, 0.2) is 17.3 Å². The number of amides is 1. The number of pyridine rings is 2. The lowest BCUT2D eigenvalue weighted by molar-refractivity contribution is 0.0936. The fourth-order valence-electron chi connectivity index (χ4n) is 5.79. The Morgan fingerprint density at radius 1 is 1.07 bits per heavy atom. The summed E-state index contributed by atoms with van der Waals surface area (Å²) < 4.78 is 18.2. The van der Waals surface area contributed by atoms with Crippen LogP contribution in [-0.4, -0.2) is 45.4 Å². The predicted octanol–water partition coefficient (Wildman–Crippen LogP) is 4.68. The normalized spacial score (nSPS) is 14.4. The molecule has 0 radical (unpaired) electrons. The first-order valence-electron chi connectivity index (χ1n) is 13.7. The highest BCUT2D eigenvalue weighted by Crippen LogP contribution is 2.36. The molecule has 5 heterocycles. The molecule has 1 aliphatic carbocycles. The molecule has 7 aromatic rings. The number of hydrogen-bond acceptors (Lipinski definition) is 7. The molecule has 0 saturated carbocycles. The molecule has 0 saturated heterocycles. The van der Waals surface area contributed by atoms with E-state index in [1.807, 2.05) is 53.2 Å². The summed E-state index contributed by atoms with van der Waals surface area (Å²) in [5.41, 5.74) is 11.8. The van der Waals surface area contributed by atoms with Gasteiger partial charge in [-0.3, -0.25) is 14.5 Å². The summed E-state index contributed by atoms with van der Waals surface area (Å²) in [4.78, 5) is 27.2. The third-order valence-electron chi connectivity index (χ3n) is 7.84. The topological polar surface area (TPSA) is 145 Å². The molecule has 0 aliphatic heterocycles. The number of carbonyl (C=O) groups is 1. The summed E-state index contributed by atoms with van der Waals surface area (Å²) in [7, 11) is 0. The Hall–Kier alpha value is -5.91. The third kappa shape index (κ3) is 4.10. The molecule has 4 N–H and O–H groups in total. The third-order valence-corrected chi connectivity index (χ3v) is 7.84. The van der Waals surface area contributed by atoms with Crippen LogP contribution in [0.2, 0.25) is 0 Å². The Morgan fingerprint density at radius 3 is 2.86 bits per heavy atom. The molecule has 12 heteroatoms. The van der Waals surface area contributed by atoms with Gasteiger partial charge in [-0.05, 0) is 78.6 Å². The minimum Gasteiger partial charge on any atom is -0.383 e. The summed E-state index contributed by atoms with van der Waals surface area (Å²) in [6, 6.07) is 18.1. The number of hydrogen-bond donors (Lipinski definition) is 3. The molecule has 0 bridgehead atoms. The number of anilines is 1. The molecule has 43 heavy (non-hydrogen) atoms. The highest BCUT2D eigenvalue weighted by atomic mass is 19.1. The fourth-order valence-corrected chi connectivity index (χ4v) is 5.79. The van der Waals surface area contributed by atoms with Crippen LogP contribution in [0.3, 0.4) is 0 Å². The van der Waals surface area contributed by atoms with Crippen molar-refractivity contribution >= 4 is 33.8 Å². The van der Waals surface area contributed by atoms with E-state index in [0.717, 1.165) is 29.7 Å². The van der Waals surface area contributed by atoms with Gasteiger partial charge < -0.3 is 11.1 Å². The molecule has 2 aromatic carbocycles. The first kappa shape index (κ1) is 24.9. The Kier molecular flexibility index (Phi) is 5.54. The van der Waals surface area contributed by atoms with Gasteiger partial charge in [-0.15, -0.1) is 0 Å². The Balaban J connectivity index is 1.19. The molecule has 0 fully saturated rings. The molecule has 0 unspecified atom stereocenters. The Labute approximate surface area is 243 Å². The number of nitrogen functional groups attached to an aromatic ring is 1. The maximum absolute atomic E-state index is 14.5. The SMILES string of the molecule is Nc1ncccc1-c1nc2ccc(-n3cccn3)nc2n1-c1ccc2c(c1)CC[C@@H]2NC(=O)c1cc(F)c2[nH]ncc2c1. The number of nitrogens with two attached hydrogens (primary N) is 1. The van der Waals surface area contributed by atoms with E-state index >= 15 is 0 Å². The number of aromatic nitrogens is 8. The van der Waals surface area contributed by atoms with Crippen LogP contribution in [-0.2, 0) is 6.42 Å². The molecule has 0 spiro atoms. The number of carbonyl (C=O) groups excluding carboxylic acids is 1. The van der Waals surface area contributed by atoms with E-state index in [9.17, 15) is 9.18 Å². The van der Waals surface area contributed by atoms with Crippen LogP contribution in [0.25, 0.3) is 45.0 Å². The average Bonchev–Trinajstić information content (AvgIpc) is 3.83. The number of nitrogens with zero attached hydrogens (tertiary/aromatic N) is 7. The maximum atomic E-state index is 14.5. The van der Waals surface area contributed by atoms with Gasteiger partial charge in [0.2, 0.25) is 0 Å². The van der Waals surface area contributed by atoms with Gasteiger partial charge in [0.05, 0.1) is 17.8 Å². The number of fused-ring (bicyclic) bond motifs is 3. The number of nitrogens with one attached hydrogen (secondary N) is 2. The van der Waals surface area contributed by atoms with Crippen molar-refractivity contribution in [1.29, 1.82) is 0 Å². The lowest BCUT2D eigenvalue weighted by Crippen LogP contribution is -2.27. The van der Waals surface area contributed by atoms with E-state index in [4.69, 9.17) is 15.7 Å². The molecule has 1 amide bonds. The second-order valence-electron chi connectivity index (χ2n) is 10.4. The summed E-state index contributed by atoms with van der Waals surface area (Å²) in [6.07, 6.45) is 8.16. The molecule has 1 aliphatic rings. The van der Waals surface area contributed by atoms with E-state index in [2.05, 4.69) is 31.7 Å². The summed E-state index contributed by atoms with van der Waals surface area (Å²) >= 11 is 0. The highest BCUT2D eigenvalue weighted by molar-refractivity contribution is 5.98. The van der Waals surface area contributed by atoms with Crippen LogP contribution in [0.1, 0.15) is 33.9 Å². The largest absolute Gasteiger partial charge is 0.383 e. The number of H-pyrrole nitrogens is 1. The van der Waals surface area contributed by atoms with Crippen LogP contribution in [0.15, 0.2) is 85.5 Å². The van der Waals surface area contributed by atoms with Gasteiger partial charge in [-0.2, -0.15) is 10.2 Å². The van der Waals surface area contributed by atoms with Crippen LogP contribution < -0.4 is 11.1 Å². The Morgan fingerprint density at radius 2 is 2.00 bits per heavy atom. The molecule has 5 aromatic heterocycles. The van der Waals surface area contributed by atoms with Crippen molar-refractivity contribution in [2.75, 3.05) is 5.73 Å². The molecule has 1 atom stereocenters. The molecule has 210 valence electrons.